The Hall–Kier alpha value is -1.84. The number of aromatic nitrogens is 1. The van der Waals surface area contributed by atoms with Crippen LogP contribution in [0.3, 0.4) is 0 Å². The summed E-state index contributed by atoms with van der Waals surface area (Å²) in [5, 5.41) is 0. The van der Waals surface area contributed by atoms with Gasteiger partial charge in [0.2, 0.25) is 0 Å². The second-order valence-corrected chi connectivity index (χ2v) is 5.09. The number of carbonyl (C=O) groups is 1. The minimum absolute atomic E-state index is 0.212. The first-order valence-corrected chi connectivity index (χ1v) is 5.87. The molecule has 0 radical (unpaired) electrons. The van der Waals surface area contributed by atoms with E-state index in [1.54, 1.807) is 0 Å². The van der Waals surface area contributed by atoms with Gasteiger partial charge in [0, 0.05) is 6.92 Å². The van der Waals surface area contributed by atoms with Crippen LogP contribution in [0.2, 0.25) is 0 Å². The monoisotopic (exact) mass is 247 g/mol. The lowest BCUT2D eigenvalue weighted by atomic mass is 9.86. The molecule has 0 aliphatic rings. The molecule has 2 aromatic rings. The van der Waals surface area contributed by atoms with Gasteiger partial charge in [-0.1, -0.05) is 6.07 Å². The molecule has 0 aliphatic carbocycles. The zero-order chi connectivity index (χ0) is 13.3. The Morgan fingerprint density at radius 2 is 2.17 bits per heavy atom. The van der Waals surface area contributed by atoms with E-state index in [1.165, 1.54) is 7.11 Å². The Labute approximate surface area is 106 Å². The Morgan fingerprint density at radius 1 is 1.44 bits per heavy atom. The van der Waals surface area contributed by atoms with E-state index >= 15 is 0 Å². The highest BCUT2D eigenvalue weighted by atomic mass is 16.5. The molecular weight excluding hydrogens is 230 g/mol. The Balaban J connectivity index is 2.29. The van der Waals surface area contributed by atoms with Crippen molar-refractivity contribution in [3.05, 3.63) is 29.7 Å². The van der Waals surface area contributed by atoms with Gasteiger partial charge in [-0.25, -0.2) is 4.98 Å². The highest BCUT2D eigenvalue weighted by Crippen LogP contribution is 2.25. The summed E-state index contributed by atoms with van der Waals surface area (Å²) in [5.74, 6) is 0.436. The molecule has 0 spiro atoms. The molecule has 2 rings (SSSR count). The Kier molecular flexibility index (Phi) is 3.11. The van der Waals surface area contributed by atoms with E-state index in [1.807, 2.05) is 39.0 Å². The second kappa shape index (κ2) is 4.44. The number of oxazole rings is 1. The van der Waals surface area contributed by atoms with E-state index in [0.717, 1.165) is 16.7 Å². The average Bonchev–Trinajstić information content (AvgIpc) is 2.66. The summed E-state index contributed by atoms with van der Waals surface area (Å²) in [6.45, 7) is 5.56. The average molecular weight is 247 g/mol. The lowest BCUT2D eigenvalue weighted by Gasteiger charge is -2.21. The molecule has 4 heteroatoms. The van der Waals surface area contributed by atoms with Gasteiger partial charge >= 0.3 is 5.97 Å². The van der Waals surface area contributed by atoms with Crippen LogP contribution in [0.1, 0.15) is 25.3 Å². The van der Waals surface area contributed by atoms with Gasteiger partial charge in [0.15, 0.2) is 11.5 Å². The molecule has 0 amide bonds. The predicted molar refractivity (Wildman–Crippen MR) is 68.2 cm³/mol. The number of methoxy groups -OCH3 is 1. The molecule has 0 bridgehead atoms. The minimum Gasteiger partial charge on any atom is -0.469 e. The van der Waals surface area contributed by atoms with Crippen molar-refractivity contribution >= 4 is 17.1 Å². The number of aryl methyl sites for hydroxylation is 1. The van der Waals surface area contributed by atoms with Crippen molar-refractivity contribution in [1.82, 2.24) is 4.98 Å². The highest BCUT2D eigenvalue weighted by molar-refractivity contribution is 5.77. The standard InChI is InChI=1S/C14H17NO3/c1-9-15-11-6-5-10(7-12(11)18-9)8-14(2,3)13(16)17-4/h5-7H,8H2,1-4H3. The summed E-state index contributed by atoms with van der Waals surface area (Å²) < 4.78 is 10.3. The van der Waals surface area contributed by atoms with Crippen LogP contribution in [0.4, 0.5) is 0 Å². The molecule has 1 aromatic carbocycles. The highest BCUT2D eigenvalue weighted by Gasteiger charge is 2.29. The first kappa shape index (κ1) is 12.6. The molecule has 96 valence electrons. The SMILES string of the molecule is COC(=O)C(C)(C)Cc1ccc2nc(C)oc2c1. The third kappa shape index (κ3) is 2.37. The van der Waals surface area contributed by atoms with Crippen LogP contribution >= 0.6 is 0 Å². The number of rotatable bonds is 3. The molecular formula is C14H17NO3. The number of carbonyl (C=O) groups excluding carboxylic acids is 1. The fraction of sp³-hybridized carbons (Fsp3) is 0.429. The fourth-order valence-electron chi connectivity index (χ4n) is 2.05. The number of benzene rings is 1. The Bertz CT molecular complexity index is 584. The summed E-state index contributed by atoms with van der Waals surface area (Å²) in [6.07, 6.45) is 0.607. The molecule has 0 unspecified atom stereocenters. The van der Waals surface area contributed by atoms with Crippen molar-refractivity contribution in [3.63, 3.8) is 0 Å². The number of nitrogens with zero attached hydrogens (tertiary/aromatic N) is 1. The minimum atomic E-state index is -0.544. The number of esters is 1. The van der Waals surface area contributed by atoms with Crippen molar-refractivity contribution in [1.29, 1.82) is 0 Å². The van der Waals surface area contributed by atoms with E-state index in [4.69, 9.17) is 9.15 Å². The van der Waals surface area contributed by atoms with Gasteiger partial charge in [0.1, 0.15) is 5.52 Å². The molecule has 0 atom stereocenters. The number of ether oxygens (including phenoxy) is 1. The van der Waals surface area contributed by atoms with E-state index in [9.17, 15) is 4.79 Å². The zero-order valence-corrected chi connectivity index (χ0v) is 11.1. The molecule has 0 N–H and O–H groups in total. The lowest BCUT2D eigenvalue weighted by Crippen LogP contribution is -2.27. The first-order valence-electron chi connectivity index (χ1n) is 5.87. The van der Waals surface area contributed by atoms with E-state index < -0.39 is 5.41 Å². The van der Waals surface area contributed by atoms with Crippen molar-refractivity contribution in [2.75, 3.05) is 7.11 Å². The van der Waals surface area contributed by atoms with Gasteiger partial charge in [-0.05, 0) is 38.0 Å². The summed E-state index contributed by atoms with van der Waals surface area (Å²) in [5.41, 5.74) is 2.09. The largest absolute Gasteiger partial charge is 0.469 e. The van der Waals surface area contributed by atoms with E-state index in [2.05, 4.69) is 4.98 Å². The fourth-order valence-corrected chi connectivity index (χ4v) is 2.05. The van der Waals surface area contributed by atoms with E-state index in [-0.39, 0.29) is 5.97 Å². The van der Waals surface area contributed by atoms with Gasteiger partial charge in [0.05, 0.1) is 12.5 Å². The van der Waals surface area contributed by atoms with Crippen LogP contribution in [0, 0.1) is 12.3 Å². The molecule has 0 aliphatic heterocycles. The maximum Gasteiger partial charge on any atom is 0.311 e. The molecule has 4 nitrogen and oxygen atoms in total. The van der Waals surface area contributed by atoms with Gasteiger partial charge in [-0.3, -0.25) is 4.79 Å². The first-order chi connectivity index (χ1) is 8.42. The Morgan fingerprint density at radius 3 is 2.83 bits per heavy atom. The summed E-state index contributed by atoms with van der Waals surface area (Å²) in [7, 11) is 1.41. The maximum absolute atomic E-state index is 11.6. The number of hydrogen-bond donors (Lipinski definition) is 0. The molecule has 1 heterocycles. The molecule has 0 fully saturated rings. The number of hydrogen-bond acceptors (Lipinski definition) is 4. The van der Waals surface area contributed by atoms with Crippen molar-refractivity contribution in [2.45, 2.75) is 27.2 Å². The van der Waals surface area contributed by atoms with Crippen LogP contribution in [0.25, 0.3) is 11.1 Å². The summed E-state index contributed by atoms with van der Waals surface area (Å²) >= 11 is 0. The molecule has 0 saturated carbocycles. The third-order valence-electron chi connectivity index (χ3n) is 2.94. The smallest absolute Gasteiger partial charge is 0.311 e. The normalized spacial score (nSPS) is 11.8. The van der Waals surface area contributed by atoms with E-state index in [0.29, 0.717) is 12.3 Å². The quantitative estimate of drug-likeness (QED) is 0.782. The zero-order valence-electron chi connectivity index (χ0n) is 11.1. The van der Waals surface area contributed by atoms with Gasteiger partial charge in [-0.15, -0.1) is 0 Å². The predicted octanol–water partition coefficient (Wildman–Crippen LogP) is 2.88. The van der Waals surface area contributed by atoms with Crippen molar-refractivity contribution < 1.29 is 13.9 Å². The molecule has 1 aromatic heterocycles. The number of fused-ring (bicyclic) bond motifs is 1. The summed E-state index contributed by atoms with van der Waals surface area (Å²) in [4.78, 5) is 15.9. The lowest BCUT2D eigenvalue weighted by molar-refractivity contribution is -0.150. The molecule has 0 saturated heterocycles. The van der Waals surface area contributed by atoms with Crippen LogP contribution < -0.4 is 0 Å². The van der Waals surface area contributed by atoms with Crippen LogP contribution in [0.15, 0.2) is 22.6 Å². The van der Waals surface area contributed by atoms with Gasteiger partial charge in [-0.2, -0.15) is 0 Å². The maximum atomic E-state index is 11.6. The van der Waals surface area contributed by atoms with Gasteiger partial charge < -0.3 is 9.15 Å². The third-order valence-corrected chi connectivity index (χ3v) is 2.94. The topological polar surface area (TPSA) is 52.3 Å². The summed E-state index contributed by atoms with van der Waals surface area (Å²) in [6, 6.07) is 5.81. The van der Waals surface area contributed by atoms with Crippen LogP contribution in [-0.2, 0) is 16.0 Å². The van der Waals surface area contributed by atoms with Crippen LogP contribution in [-0.4, -0.2) is 18.1 Å². The van der Waals surface area contributed by atoms with Crippen LogP contribution in [0.5, 0.6) is 0 Å². The van der Waals surface area contributed by atoms with Crippen molar-refractivity contribution in [2.24, 2.45) is 5.41 Å². The molecule has 18 heavy (non-hydrogen) atoms. The van der Waals surface area contributed by atoms with Crippen molar-refractivity contribution in [3.8, 4) is 0 Å². The second-order valence-electron chi connectivity index (χ2n) is 5.09. The van der Waals surface area contributed by atoms with Gasteiger partial charge in [0.25, 0.3) is 0 Å².